The minimum Gasteiger partial charge on any atom is -0.322 e. The molecule has 0 aliphatic carbocycles. The molecule has 2 heteroatoms. The molecule has 0 aromatic heterocycles. The van der Waals surface area contributed by atoms with E-state index in [2.05, 4.69) is 6.92 Å². The molecule has 0 heterocycles. The molecule has 0 aromatic carbocycles. The molecular weight excluding hydrogens is 106 g/mol. The summed E-state index contributed by atoms with van der Waals surface area (Å²) in [5.41, 5.74) is 5.23. The zero-order valence-corrected chi connectivity index (χ0v) is 5.63. The van der Waals surface area contributed by atoms with Crippen molar-refractivity contribution >= 4 is 11.8 Å². The molecule has 44 valence electrons. The fourth-order valence-electron chi connectivity index (χ4n) is 0.330. The van der Waals surface area contributed by atoms with Crippen LogP contribution in [0.4, 0.5) is 0 Å². The lowest BCUT2D eigenvalue weighted by atomic mass is 10.4. The Hall–Kier alpha value is 0.310. The van der Waals surface area contributed by atoms with E-state index < -0.39 is 0 Å². The number of thioether (sulfide) groups is 1. The van der Waals surface area contributed by atoms with E-state index in [1.807, 2.05) is 11.8 Å². The van der Waals surface area contributed by atoms with Crippen molar-refractivity contribution in [1.29, 1.82) is 0 Å². The molecule has 7 heavy (non-hydrogen) atoms. The van der Waals surface area contributed by atoms with Crippen molar-refractivity contribution in [3.05, 3.63) is 0 Å². The first-order valence-electron chi connectivity index (χ1n) is 2.69. The SMILES string of the molecule is CCCCSCN. The molecule has 0 spiro atoms. The molecular formula is C5H13NS. The van der Waals surface area contributed by atoms with Crippen LogP contribution in [0.5, 0.6) is 0 Å². The quantitative estimate of drug-likeness (QED) is 0.447. The molecule has 0 unspecified atom stereocenters. The average molecular weight is 119 g/mol. The minimum atomic E-state index is 0.778. The number of unbranched alkanes of at least 4 members (excludes halogenated alkanes) is 1. The maximum Gasteiger partial charge on any atom is 0.0392 e. The highest BCUT2D eigenvalue weighted by Crippen LogP contribution is 1.99. The first-order chi connectivity index (χ1) is 3.41. The Morgan fingerprint density at radius 3 is 2.71 bits per heavy atom. The number of rotatable bonds is 4. The van der Waals surface area contributed by atoms with E-state index >= 15 is 0 Å². The maximum atomic E-state index is 5.23. The summed E-state index contributed by atoms with van der Waals surface area (Å²) in [5.74, 6) is 2.01. The second-order valence-electron chi connectivity index (χ2n) is 1.43. The number of hydrogen-bond acceptors (Lipinski definition) is 2. The molecule has 0 saturated heterocycles. The van der Waals surface area contributed by atoms with E-state index in [-0.39, 0.29) is 0 Å². The van der Waals surface area contributed by atoms with Crippen molar-refractivity contribution in [1.82, 2.24) is 0 Å². The Morgan fingerprint density at radius 2 is 2.29 bits per heavy atom. The van der Waals surface area contributed by atoms with Crippen LogP contribution in [0.15, 0.2) is 0 Å². The summed E-state index contributed by atoms with van der Waals surface area (Å²) < 4.78 is 0. The van der Waals surface area contributed by atoms with Crippen LogP contribution in [0.1, 0.15) is 19.8 Å². The van der Waals surface area contributed by atoms with Gasteiger partial charge in [-0.05, 0) is 12.2 Å². The van der Waals surface area contributed by atoms with Gasteiger partial charge < -0.3 is 5.73 Å². The Kier molecular flexibility index (Phi) is 6.59. The summed E-state index contributed by atoms with van der Waals surface area (Å²) >= 11 is 1.81. The highest BCUT2D eigenvalue weighted by atomic mass is 32.2. The van der Waals surface area contributed by atoms with Crippen LogP contribution in [0.2, 0.25) is 0 Å². The third-order valence-corrected chi connectivity index (χ3v) is 1.57. The van der Waals surface area contributed by atoms with Gasteiger partial charge in [0.2, 0.25) is 0 Å². The van der Waals surface area contributed by atoms with E-state index in [1.165, 1.54) is 18.6 Å². The summed E-state index contributed by atoms with van der Waals surface area (Å²) in [6.07, 6.45) is 2.59. The second-order valence-corrected chi connectivity index (χ2v) is 2.58. The van der Waals surface area contributed by atoms with E-state index in [9.17, 15) is 0 Å². The van der Waals surface area contributed by atoms with Gasteiger partial charge in [0.05, 0.1) is 0 Å². The summed E-state index contributed by atoms with van der Waals surface area (Å²) in [4.78, 5) is 0. The third kappa shape index (κ3) is 6.31. The van der Waals surface area contributed by atoms with Gasteiger partial charge in [-0.2, -0.15) is 0 Å². The van der Waals surface area contributed by atoms with Crippen LogP contribution < -0.4 is 5.73 Å². The predicted molar refractivity (Wildman–Crippen MR) is 36.4 cm³/mol. The third-order valence-electron chi connectivity index (χ3n) is 0.760. The van der Waals surface area contributed by atoms with Gasteiger partial charge in [0.25, 0.3) is 0 Å². The molecule has 0 radical (unpaired) electrons. The molecule has 0 atom stereocenters. The van der Waals surface area contributed by atoms with Crippen LogP contribution in [-0.4, -0.2) is 11.6 Å². The lowest BCUT2D eigenvalue weighted by Crippen LogP contribution is -1.93. The molecule has 0 aromatic rings. The van der Waals surface area contributed by atoms with Gasteiger partial charge in [-0.1, -0.05) is 13.3 Å². The van der Waals surface area contributed by atoms with Gasteiger partial charge in [0.1, 0.15) is 0 Å². The van der Waals surface area contributed by atoms with Gasteiger partial charge in [-0.3, -0.25) is 0 Å². The molecule has 0 rings (SSSR count). The van der Waals surface area contributed by atoms with Crippen LogP contribution >= 0.6 is 11.8 Å². The van der Waals surface area contributed by atoms with Gasteiger partial charge in [0, 0.05) is 5.88 Å². The normalized spacial score (nSPS) is 9.43. The van der Waals surface area contributed by atoms with Gasteiger partial charge in [0.15, 0.2) is 0 Å². The standard InChI is InChI=1S/C5H13NS/c1-2-3-4-7-5-6/h2-6H2,1H3. The second kappa shape index (κ2) is 6.31. The molecule has 0 amide bonds. The van der Waals surface area contributed by atoms with Crippen molar-refractivity contribution in [2.24, 2.45) is 5.73 Å². The predicted octanol–water partition coefficient (Wildman–Crippen LogP) is 1.44. The molecule has 0 aliphatic heterocycles. The highest BCUT2D eigenvalue weighted by Gasteiger charge is 1.80. The summed E-state index contributed by atoms with van der Waals surface area (Å²) in [5, 5.41) is 0. The van der Waals surface area contributed by atoms with Crippen molar-refractivity contribution < 1.29 is 0 Å². The van der Waals surface area contributed by atoms with Crippen LogP contribution in [-0.2, 0) is 0 Å². The van der Waals surface area contributed by atoms with Crippen molar-refractivity contribution in [3.8, 4) is 0 Å². The smallest absolute Gasteiger partial charge is 0.0392 e. The topological polar surface area (TPSA) is 26.0 Å². The summed E-state index contributed by atoms with van der Waals surface area (Å²) in [6, 6.07) is 0. The average Bonchev–Trinajstić information content (AvgIpc) is 1.69. The van der Waals surface area contributed by atoms with Crippen molar-refractivity contribution in [2.75, 3.05) is 11.6 Å². The lowest BCUT2D eigenvalue weighted by Gasteiger charge is -1.91. The zero-order chi connectivity index (χ0) is 5.54. The fourth-order valence-corrected chi connectivity index (χ4v) is 0.989. The van der Waals surface area contributed by atoms with Crippen molar-refractivity contribution in [2.45, 2.75) is 19.8 Å². The highest BCUT2D eigenvalue weighted by molar-refractivity contribution is 7.99. The number of nitrogens with two attached hydrogens (primary N) is 1. The molecule has 0 aliphatic rings. The minimum absolute atomic E-state index is 0.778. The zero-order valence-electron chi connectivity index (χ0n) is 4.81. The Morgan fingerprint density at radius 1 is 1.57 bits per heavy atom. The lowest BCUT2D eigenvalue weighted by molar-refractivity contribution is 0.896. The van der Waals surface area contributed by atoms with Gasteiger partial charge >= 0.3 is 0 Å². The number of hydrogen-bond donors (Lipinski definition) is 1. The monoisotopic (exact) mass is 119 g/mol. The largest absolute Gasteiger partial charge is 0.322 e. The Labute approximate surface area is 49.7 Å². The Balaban J connectivity index is 2.45. The van der Waals surface area contributed by atoms with Crippen LogP contribution in [0.25, 0.3) is 0 Å². The van der Waals surface area contributed by atoms with Crippen LogP contribution in [0, 0.1) is 0 Å². The summed E-state index contributed by atoms with van der Waals surface area (Å²) in [7, 11) is 0. The first-order valence-corrected chi connectivity index (χ1v) is 3.85. The molecule has 0 saturated carbocycles. The van der Waals surface area contributed by atoms with E-state index in [1.54, 1.807) is 0 Å². The molecule has 0 fully saturated rings. The fraction of sp³-hybridized carbons (Fsp3) is 1.00. The van der Waals surface area contributed by atoms with E-state index in [0.29, 0.717) is 0 Å². The van der Waals surface area contributed by atoms with Gasteiger partial charge in [-0.15, -0.1) is 11.8 Å². The van der Waals surface area contributed by atoms with Crippen molar-refractivity contribution in [3.63, 3.8) is 0 Å². The van der Waals surface area contributed by atoms with E-state index in [4.69, 9.17) is 5.73 Å². The Bertz CT molecular complexity index is 27.3. The van der Waals surface area contributed by atoms with Crippen LogP contribution in [0.3, 0.4) is 0 Å². The molecule has 1 nitrogen and oxygen atoms in total. The summed E-state index contributed by atoms with van der Waals surface area (Å²) in [6.45, 7) is 2.19. The molecule has 2 N–H and O–H groups in total. The van der Waals surface area contributed by atoms with Gasteiger partial charge in [-0.25, -0.2) is 0 Å². The first kappa shape index (κ1) is 7.31. The van der Waals surface area contributed by atoms with E-state index in [0.717, 1.165) is 5.88 Å². The molecule has 0 bridgehead atoms. The maximum absolute atomic E-state index is 5.23.